The van der Waals surface area contributed by atoms with Gasteiger partial charge in [-0.25, -0.2) is 14.8 Å². The molecule has 2 heterocycles. The Hall–Kier alpha value is -3.26. The summed E-state index contributed by atoms with van der Waals surface area (Å²) in [6, 6.07) is 9.95. The molecular formula is C16H15N6O2-. The van der Waals surface area contributed by atoms with Crippen LogP contribution in [-0.4, -0.2) is 27.5 Å². The molecule has 0 saturated carbocycles. The van der Waals surface area contributed by atoms with E-state index in [2.05, 4.69) is 25.6 Å². The highest BCUT2D eigenvalue weighted by molar-refractivity contribution is 5.89. The molecule has 122 valence electrons. The van der Waals surface area contributed by atoms with Crippen LogP contribution in [0.2, 0.25) is 0 Å². The van der Waals surface area contributed by atoms with Crippen molar-refractivity contribution in [3.05, 3.63) is 47.8 Å². The molecule has 0 saturated heterocycles. The van der Waals surface area contributed by atoms with E-state index < -0.39 is 0 Å². The van der Waals surface area contributed by atoms with Crippen LogP contribution < -0.4 is 16.1 Å². The number of hydrogen-bond donors (Lipinski definition) is 3. The lowest BCUT2D eigenvalue weighted by molar-refractivity contribution is 0.252. The Kier molecular flexibility index (Phi) is 4.48. The molecule has 24 heavy (non-hydrogen) atoms. The number of benzene rings is 1. The molecule has 2 amide bonds. The minimum atomic E-state index is -0.325. The Morgan fingerprint density at radius 1 is 1.12 bits per heavy atom. The fraction of sp³-hybridized carbons (Fsp3) is 0.125. The number of pyridine rings is 1. The highest BCUT2D eigenvalue weighted by atomic mass is 16.5. The van der Waals surface area contributed by atoms with Gasteiger partial charge in [0.05, 0.1) is 11.9 Å². The topological polar surface area (TPSA) is 115 Å². The summed E-state index contributed by atoms with van der Waals surface area (Å²) in [5, 5.41) is 15.9. The van der Waals surface area contributed by atoms with Gasteiger partial charge in [0.15, 0.2) is 5.65 Å². The van der Waals surface area contributed by atoms with Crippen LogP contribution in [-0.2, 0) is 0 Å². The van der Waals surface area contributed by atoms with Crippen LogP contribution in [0.25, 0.3) is 22.4 Å². The van der Waals surface area contributed by atoms with Gasteiger partial charge in [-0.05, 0) is 31.2 Å². The number of nitrogens with zero attached hydrogens (tertiary/aromatic N) is 3. The fourth-order valence-electron chi connectivity index (χ4n) is 2.14. The van der Waals surface area contributed by atoms with E-state index in [1.165, 1.54) is 0 Å². The first kappa shape index (κ1) is 15.6. The predicted octanol–water partition coefficient (Wildman–Crippen LogP) is 2.74. The monoisotopic (exact) mass is 323 g/mol. The molecule has 0 aliphatic heterocycles. The number of amides is 2. The molecule has 2 aromatic heterocycles. The van der Waals surface area contributed by atoms with Gasteiger partial charge in [-0.15, -0.1) is 0 Å². The number of carbonyl (C=O) groups excluding carboxylic acids is 1. The highest BCUT2D eigenvalue weighted by Crippen LogP contribution is 2.21. The first-order chi connectivity index (χ1) is 11.7. The van der Waals surface area contributed by atoms with Crippen molar-refractivity contribution in [2.24, 2.45) is 0 Å². The average Bonchev–Trinajstić information content (AvgIpc) is 2.61. The van der Waals surface area contributed by atoms with Crippen molar-refractivity contribution >= 4 is 28.7 Å². The van der Waals surface area contributed by atoms with Crippen molar-refractivity contribution in [3.63, 3.8) is 0 Å². The van der Waals surface area contributed by atoms with Gasteiger partial charge in [0.2, 0.25) is 0 Å². The van der Waals surface area contributed by atoms with Crippen LogP contribution in [0.4, 0.5) is 16.3 Å². The average molecular weight is 323 g/mol. The number of anilines is 2. The molecule has 0 fully saturated rings. The molecule has 0 atom stereocenters. The first-order valence-electron chi connectivity index (χ1n) is 7.37. The second-order valence-electron chi connectivity index (χ2n) is 4.96. The molecule has 3 aromatic rings. The molecule has 8 nitrogen and oxygen atoms in total. The van der Waals surface area contributed by atoms with E-state index in [-0.39, 0.29) is 6.03 Å². The Labute approximate surface area is 137 Å². The molecule has 3 N–H and O–H groups in total. The van der Waals surface area contributed by atoms with Gasteiger partial charge in [0, 0.05) is 17.8 Å². The number of rotatable bonds is 4. The Morgan fingerprint density at radius 2 is 1.92 bits per heavy atom. The first-order valence-corrected chi connectivity index (χ1v) is 7.37. The SMILES string of the molecule is CCNC(=O)Nc1ccc2ncc(-c3ccc(N[O-])cc3)nc2n1. The van der Waals surface area contributed by atoms with Gasteiger partial charge in [-0.2, -0.15) is 0 Å². The summed E-state index contributed by atoms with van der Waals surface area (Å²) in [7, 11) is 0. The van der Waals surface area contributed by atoms with E-state index in [0.717, 1.165) is 5.56 Å². The van der Waals surface area contributed by atoms with Crippen LogP contribution in [0.15, 0.2) is 42.6 Å². The van der Waals surface area contributed by atoms with Crippen LogP contribution in [0.1, 0.15) is 6.92 Å². The number of nitrogens with one attached hydrogen (secondary N) is 3. The lowest BCUT2D eigenvalue weighted by Gasteiger charge is -2.09. The maximum Gasteiger partial charge on any atom is 0.320 e. The van der Waals surface area contributed by atoms with Crippen molar-refractivity contribution in [1.82, 2.24) is 20.3 Å². The van der Waals surface area contributed by atoms with E-state index in [0.29, 0.717) is 34.9 Å². The molecule has 1 aromatic carbocycles. The Balaban J connectivity index is 1.91. The summed E-state index contributed by atoms with van der Waals surface area (Å²) in [4.78, 5) is 24.7. The molecule has 0 bridgehead atoms. The predicted molar refractivity (Wildman–Crippen MR) is 92.5 cm³/mol. The summed E-state index contributed by atoms with van der Waals surface area (Å²) in [5.74, 6) is 0.394. The van der Waals surface area contributed by atoms with Crippen LogP contribution in [0, 0.1) is 5.21 Å². The normalized spacial score (nSPS) is 10.4. The summed E-state index contributed by atoms with van der Waals surface area (Å²) in [6.07, 6.45) is 1.64. The quantitative estimate of drug-likeness (QED) is 0.636. The fourth-order valence-corrected chi connectivity index (χ4v) is 2.14. The largest absolute Gasteiger partial charge is 0.761 e. The number of hydrogen-bond acceptors (Lipinski definition) is 6. The summed E-state index contributed by atoms with van der Waals surface area (Å²) < 4.78 is 0. The lowest BCUT2D eigenvalue weighted by Crippen LogP contribution is -2.28. The molecule has 3 rings (SSSR count). The molecule has 0 unspecified atom stereocenters. The number of fused-ring (bicyclic) bond motifs is 1. The van der Waals surface area contributed by atoms with E-state index in [1.807, 2.05) is 12.4 Å². The number of urea groups is 1. The van der Waals surface area contributed by atoms with Crippen molar-refractivity contribution in [1.29, 1.82) is 0 Å². The third kappa shape index (κ3) is 3.39. The minimum Gasteiger partial charge on any atom is -0.761 e. The molecule has 0 radical (unpaired) electrons. The zero-order valence-corrected chi connectivity index (χ0v) is 12.9. The number of carbonyl (C=O) groups is 1. The Morgan fingerprint density at radius 3 is 2.62 bits per heavy atom. The van der Waals surface area contributed by atoms with E-state index in [4.69, 9.17) is 0 Å². The third-order valence-corrected chi connectivity index (χ3v) is 3.28. The minimum absolute atomic E-state index is 0.325. The van der Waals surface area contributed by atoms with Crippen LogP contribution >= 0.6 is 0 Å². The molecular weight excluding hydrogens is 308 g/mol. The lowest BCUT2D eigenvalue weighted by atomic mass is 10.1. The Bertz CT molecular complexity index is 866. The van der Waals surface area contributed by atoms with Crippen molar-refractivity contribution in [2.75, 3.05) is 17.3 Å². The van der Waals surface area contributed by atoms with Crippen molar-refractivity contribution in [2.45, 2.75) is 6.92 Å². The maximum absolute atomic E-state index is 11.6. The van der Waals surface area contributed by atoms with Crippen LogP contribution in [0.5, 0.6) is 0 Å². The highest BCUT2D eigenvalue weighted by Gasteiger charge is 2.07. The van der Waals surface area contributed by atoms with Gasteiger partial charge in [0.25, 0.3) is 0 Å². The number of aromatic nitrogens is 3. The zero-order valence-electron chi connectivity index (χ0n) is 12.9. The van der Waals surface area contributed by atoms with E-state index >= 15 is 0 Å². The van der Waals surface area contributed by atoms with Crippen molar-refractivity contribution < 1.29 is 4.79 Å². The standard InChI is InChI=1S/C16H15N6O2/c1-2-17-16(23)21-14-8-7-12-15(20-14)19-13(9-18-12)10-3-5-11(22-24)6-4-10/h3-9,22H,2H2,1H3,(H2,17,19,20,21,23)/q-1. The van der Waals surface area contributed by atoms with Crippen molar-refractivity contribution in [3.8, 4) is 11.3 Å². The van der Waals surface area contributed by atoms with Gasteiger partial charge in [0.1, 0.15) is 11.3 Å². The van der Waals surface area contributed by atoms with Crippen LogP contribution in [0.3, 0.4) is 0 Å². The molecule has 8 heteroatoms. The smallest absolute Gasteiger partial charge is 0.320 e. The third-order valence-electron chi connectivity index (χ3n) is 3.28. The maximum atomic E-state index is 11.6. The van der Waals surface area contributed by atoms with E-state index in [1.54, 1.807) is 42.6 Å². The summed E-state index contributed by atoms with van der Waals surface area (Å²) in [5.41, 5.74) is 4.78. The second-order valence-corrected chi connectivity index (χ2v) is 4.96. The molecule has 0 aliphatic carbocycles. The molecule has 0 spiro atoms. The summed E-state index contributed by atoms with van der Waals surface area (Å²) in [6.45, 7) is 2.36. The van der Waals surface area contributed by atoms with Gasteiger partial charge < -0.3 is 16.0 Å². The summed E-state index contributed by atoms with van der Waals surface area (Å²) >= 11 is 0. The van der Waals surface area contributed by atoms with Gasteiger partial charge in [-0.3, -0.25) is 10.3 Å². The molecule has 0 aliphatic rings. The van der Waals surface area contributed by atoms with Gasteiger partial charge >= 0.3 is 6.03 Å². The second kappa shape index (κ2) is 6.88. The van der Waals surface area contributed by atoms with Gasteiger partial charge in [-0.1, -0.05) is 12.1 Å². The zero-order chi connectivity index (χ0) is 16.9. The van der Waals surface area contributed by atoms with E-state index in [9.17, 15) is 10.0 Å².